The fourth-order valence-electron chi connectivity index (χ4n) is 7.63. The van der Waals surface area contributed by atoms with Crippen molar-refractivity contribution in [2.75, 3.05) is 32.2 Å². The lowest BCUT2D eigenvalue weighted by atomic mass is 9.77. The summed E-state index contributed by atoms with van der Waals surface area (Å²) in [6, 6.07) is 13.9. The van der Waals surface area contributed by atoms with E-state index in [1.165, 1.54) is 4.90 Å². The SMILES string of the molecule is CC[C@@H](CO)N1C(=O)[C@@H]2[C@H]3C(=O)O[C@H](c4ccccc4)[C@@H](C)N(C)C(=O)CC/C=C\[C@H]3O[C@@]23C=CCN(c2ccc(OC)cc2)C(=O)[C@@H]13. The van der Waals surface area contributed by atoms with Crippen LogP contribution in [0.2, 0.25) is 0 Å². The molecule has 4 aliphatic heterocycles. The van der Waals surface area contributed by atoms with Crippen LogP contribution in [0.5, 0.6) is 5.75 Å². The number of anilines is 1. The van der Waals surface area contributed by atoms with Gasteiger partial charge in [0.25, 0.3) is 5.91 Å². The maximum absolute atomic E-state index is 14.7. The van der Waals surface area contributed by atoms with Gasteiger partial charge in [-0.15, -0.1) is 0 Å². The van der Waals surface area contributed by atoms with Gasteiger partial charge in [0.05, 0.1) is 37.8 Å². The topological polar surface area (TPSA) is 126 Å². The van der Waals surface area contributed by atoms with Crippen LogP contribution in [0.25, 0.3) is 0 Å². The van der Waals surface area contributed by atoms with Crippen molar-refractivity contribution in [2.24, 2.45) is 11.8 Å². The van der Waals surface area contributed by atoms with Crippen LogP contribution >= 0.6 is 0 Å². The molecule has 1 spiro atoms. The van der Waals surface area contributed by atoms with E-state index in [9.17, 15) is 24.3 Å². The number of esters is 1. The Balaban J connectivity index is 1.46. The van der Waals surface area contributed by atoms with Gasteiger partial charge in [0.15, 0.2) is 0 Å². The van der Waals surface area contributed by atoms with Gasteiger partial charge < -0.3 is 34.0 Å². The molecule has 2 aromatic carbocycles. The molecule has 2 saturated heterocycles. The predicted molar refractivity (Wildman–Crippen MR) is 177 cm³/mol. The van der Waals surface area contributed by atoms with E-state index in [-0.39, 0.29) is 31.4 Å². The maximum Gasteiger partial charge on any atom is 0.313 e. The van der Waals surface area contributed by atoms with Crippen LogP contribution in [0.3, 0.4) is 0 Å². The van der Waals surface area contributed by atoms with Gasteiger partial charge in [-0.2, -0.15) is 0 Å². The second-order valence-electron chi connectivity index (χ2n) is 12.9. The van der Waals surface area contributed by atoms with E-state index in [0.717, 1.165) is 0 Å². The van der Waals surface area contributed by atoms with Gasteiger partial charge in [0, 0.05) is 25.7 Å². The standard InChI is InChI=1S/C37H43N3O8/c1-5-25(22-41)40-33-35(44)39(26-16-18-27(46-4)19-17-26)21-11-20-37(33)31(34(40)43)30-28(48-37)14-9-10-15-29(42)38(3)23(2)32(47-36(30)45)24-12-7-6-8-13-24/h6-9,11-14,16-20,23,25,28,30-33,41H,5,10,15,21-22H2,1-4H3/b14-9-/t23-,25+,28-,30+,31+,32+,33-,37+/m1/s1. The number of aliphatic hydroxyl groups is 1. The van der Waals surface area contributed by atoms with E-state index in [0.29, 0.717) is 29.8 Å². The number of carbonyl (C=O) groups excluding carboxylic acids is 4. The highest BCUT2D eigenvalue weighted by molar-refractivity contribution is 6.05. The summed E-state index contributed by atoms with van der Waals surface area (Å²) < 4.78 is 18.4. The molecule has 3 amide bonds. The number of hydrogen-bond donors (Lipinski definition) is 1. The second-order valence-corrected chi connectivity index (χ2v) is 12.9. The van der Waals surface area contributed by atoms with Gasteiger partial charge in [0.1, 0.15) is 29.4 Å². The predicted octanol–water partition coefficient (Wildman–Crippen LogP) is 3.43. The summed E-state index contributed by atoms with van der Waals surface area (Å²) in [6.07, 6.45) is 6.35. The number of rotatable bonds is 6. The van der Waals surface area contributed by atoms with Gasteiger partial charge in [-0.05, 0) is 49.6 Å². The molecular weight excluding hydrogens is 614 g/mol. The summed E-state index contributed by atoms with van der Waals surface area (Å²) in [4.78, 5) is 61.7. The van der Waals surface area contributed by atoms with Crippen LogP contribution in [0.1, 0.15) is 44.8 Å². The Labute approximate surface area is 280 Å². The quantitative estimate of drug-likeness (QED) is 0.370. The lowest BCUT2D eigenvalue weighted by molar-refractivity contribution is -0.164. The Morgan fingerprint density at radius 1 is 1.02 bits per heavy atom. The first-order chi connectivity index (χ1) is 23.2. The molecule has 2 fully saturated rings. The largest absolute Gasteiger partial charge is 0.497 e. The minimum atomic E-state index is -1.52. The summed E-state index contributed by atoms with van der Waals surface area (Å²) in [6.45, 7) is 3.51. The zero-order valence-electron chi connectivity index (χ0n) is 27.7. The highest BCUT2D eigenvalue weighted by Gasteiger charge is 2.72. The van der Waals surface area contributed by atoms with Gasteiger partial charge >= 0.3 is 5.97 Å². The van der Waals surface area contributed by atoms with Crippen LogP contribution in [0, 0.1) is 11.8 Å². The second kappa shape index (κ2) is 13.6. The third-order valence-electron chi connectivity index (χ3n) is 10.3. The van der Waals surface area contributed by atoms with Crippen molar-refractivity contribution in [1.82, 2.24) is 9.80 Å². The van der Waals surface area contributed by atoms with Crippen LogP contribution in [-0.4, -0.2) is 95.7 Å². The number of amides is 3. The van der Waals surface area contributed by atoms with Gasteiger partial charge in [-0.25, -0.2) is 0 Å². The minimum Gasteiger partial charge on any atom is -0.497 e. The first kappa shape index (κ1) is 33.4. The average molecular weight is 658 g/mol. The van der Waals surface area contributed by atoms with Crippen molar-refractivity contribution in [2.45, 2.75) is 69.0 Å². The summed E-state index contributed by atoms with van der Waals surface area (Å²) in [5.74, 6) is -3.15. The summed E-state index contributed by atoms with van der Waals surface area (Å²) in [7, 11) is 3.26. The fraction of sp³-hybridized carbons (Fsp3) is 0.459. The molecule has 0 aromatic heterocycles. The first-order valence-electron chi connectivity index (χ1n) is 16.6. The van der Waals surface area contributed by atoms with Crippen LogP contribution < -0.4 is 9.64 Å². The van der Waals surface area contributed by atoms with E-state index in [4.69, 9.17) is 14.2 Å². The minimum absolute atomic E-state index is 0.0968. The molecule has 0 unspecified atom stereocenters. The number of benzene rings is 2. The number of ether oxygens (including phenoxy) is 3. The number of hydrogen-bond acceptors (Lipinski definition) is 8. The molecule has 4 heterocycles. The molecule has 1 N–H and O–H groups in total. The third kappa shape index (κ3) is 5.58. The van der Waals surface area contributed by atoms with Crippen LogP contribution in [0.4, 0.5) is 5.69 Å². The van der Waals surface area contributed by atoms with E-state index in [1.807, 2.05) is 44.2 Å². The van der Waals surface area contributed by atoms with E-state index in [2.05, 4.69) is 0 Å². The molecule has 11 heteroatoms. The van der Waals surface area contributed by atoms with Crippen molar-refractivity contribution >= 4 is 29.4 Å². The Morgan fingerprint density at radius 3 is 2.42 bits per heavy atom. The molecule has 8 atom stereocenters. The van der Waals surface area contributed by atoms with Gasteiger partial charge in [0.2, 0.25) is 11.8 Å². The number of likely N-dealkylation sites (N-methyl/N-ethyl adjacent to an activating group) is 1. The van der Waals surface area contributed by atoms with Crippen LogP contribution in [-0.2, 0) is 28.7 Å². The lowest BCUT2D eigenvalue weighted by Gasteiger charge is -2.38. The third-order valence-corrected chi connectivity index (χ3v) is 10.3. The Hall–Kier alpha value is -4.48. The van der Waals surface area contributed by atoms with Crippen molar-refractivity contribution in [1.29, 1.82) is 0 Å². The Morgan fingerprint density at radius 2 is 1.75 bits per heavy atom. The molecule has 2 aromatic rings. The fourth-order valence-corrected chi connectivity index (χ4v) is 7.63. The zero-order valence-corrected chi connectivity index (χ0v) is 27.7. The van der Waals surface area contributed by atoms with Crippen molar-refractivity contribution in [3.05, 3.63) is 84.5 Å². The molecule has 0 radical (unpaired) electrons. The van der Waals surface area contributed by atoms with Crippen molar-refractivity contribution in [3.8, 4) is 5.75 Å². The highest BCUT2D eigenvalue weighted by atomic mass is 16.6. The van der Waals surface area contributed by atoms with E-state index in [1.54, 1.807) is 72.5 Å². The molecule has 6 rings (SSSR count). The summed E-state index contributed by atoms with van der Waals surface area (Å²) >= 11 is 0. The van der Waals surface area contributed by atoms with Crippen molar-refractivity contribution < 1.29 is 38.5 Å². The van der Waals surface area contributed by atoms with Gasteiger partial charge in [-0.1, -0.05) is 61.6 Å². The molecule has 0 aliphatic carbocycles. The Kier molecular flexibility index (Phi) is 9.44. The zero-order chi connectivity index (χ0) is 34.2. The van der Waals surface area contributed by atoms with Crippen molar-refractivity contribution in [3.63, 3.8) is 0 Å². The normalized spacial score (nSPS) is 32.0. The molecule has 254 valence electrons. The molecule has 0 bridgehead atoms. The number of fused-ring (bicyclic) bond motifs is 2. The van der Waals surface area contributed by atoms with E-state index < -0.39 is 59.6 Å². The monoisotopic (exact) mass is 657 g/mol. The maximum atomic E-state index is 14.7. The summed E-state index contributed by atoms with van der Waals surface area (Å²) in [5, 5.41) is 10.5. The number of allylic oxidation sites excluding steroid dienone is 1. The molecule has 48 heavy (non-hydrogen) atoms. The number of nitrogens with zero attached hydrogens (tertiary/aromatic N) is 3. The number of carbonyl (C=O) groups is 4. The van der Waals surface area contributed by atoms with Crippen LogP contribution in [0.15, 0.2) is 78.9 Å². The number of cyclic esters (lactones) is 1. The number of likely N-dealkylation sites (tertiary alicyclic amines) is 1. The lowest BCUT2D eigenvalue weighted by Crippen LogP contribution is -2.58. The molecule has 4 aliphatic rings. The molecule has 0 saturated carbocycles. The summed E-state index contributed by atoms with van der Waals surface area (Å²) in [5.41, 5.74) is -0.205. The van der Waals surface area contributed by atoms with E-state index >= 15 is 0 Å². The Bertz CT molecular complexity index is 1590. The highest BCUT2D eigenvalue weighted by Crippen LogP contribution is 2.54. The molecular formula is C37H43N3O8. The smallest absolute Gasteiger partial charge is 0.313 e. The number of aliphatic hydroxyl groups excluding tert-OH is 1. The number of methoxy groups -OCH3 is 1. The molecule has 11 nitrogen and oxygen atoms in total. The average Bonchev–Trinajstić information content (AvgIpc) is 3.50. The van der Waals surface area contributed by atoms with Gasteiger partial charge in [-0.3, -0.25) is 19.2 Å². The first-order valence-corrected chi connectivity index (χ1v) is 16.6.